The molecule has 0 aliphatic rings. The highest BCUT2D eigenvalue weighted by Crippen LogP contribution is 2.43. The summed E-state index contributed by atoms with van der Waals surface area (Å²) in [6.07, 6.45) is -7.82. The van der Waals surface area contributed by atoms with Crippen molar-refractivity contribution in [3.05, 3.63) is 29.8 Å². The fourth-order valence-electron chi connectivity index (χ4n) is 1.76. The van der Waals surface area contributed by atoms with Crippen LogP contribution in [0.4, 0.5) is 22.0 Å². The minimum absolute atomic E-state index is 0.178. The average molecular weight is 312 g/mol. The van der Waals surface area contributed by atoms with Gasteiger partial charge in [0.1, 0.15) is 5.75 Å². The number of para-hydroxylation sites is 1. The Morgan fingerprint density at radius 1 is 1.10 bits per heavy atom. The molecule has 0 spiro atoms. The van der Waals surface area contributed by atoms with Crippen molar-refractivity contribution in [1.29, 1.82) is 0 Å². The molecule has 1 unspecified atom stereocenters. The summed E-state index contributed by atoms with van der Waals surface area (Å²) in [7, 11) is 1.09. The molecular weight excluding hydrogens is 295 g/mol. The van der Waals surface area contributed by atoms with Crippen LogP contribution in [0.1, 0.15) is 31.4 Å². The molecule has 0 amide bonds. The number of methoxy groups -OCH3 is 1. The molecule has 0 heterocycles. The van der Waals surface area contributed by atoms with E-state index in [4.69, 9.17) is 9.47 Å². The molecule has 7 heteroatoms. The first-order valence-electron chi connectivity index (χ1n) is 6.42. The largest absolute Gasteiger partial charge is 0.493 e. The lowest BCUT2D eigenvalue weighted by Gasteiger charge is -2.25. The zero-order valence-electron chi connectivity index (χ0n) is 11.7. The van der Waals surface area contributed by atoms with Crippen LogP contribution < -0.4 is 4.74 Å². The highest BCUT2D eigenvalue weighted by Gasteiger charge is 2.58. The van der Waals surface area contributed by atoms with Gasteiger partial charge in [0, 0.05) is 12.7 Å². The maximum Gasteiger partial charge on any atom is 0.453 e. The molecule has 0 N–H and O–H groups in total. The standard InChI is InChI=1S/C14H17F5O2/c1-3-8-21-11-7-5-4-6-10(11)12(20-2)9-13(15,16)14(17,18)19/h4-7,12H,3,8-9H2,1-2H3. The molecule has 0 fully saturated rings. The third-order valence-corrected chi connectivity index (χ3v) is 2.87. The lowest BCUT2D eigenvalue weighted by Crippen LogP contribution is -2.38. The van der Waals surface area contributed by atoms with Gasteiger partial charge in [0.15, 0.2) is 0 Å². The fourth-order valence-corrected chi connectivity index (χ4v) is 1.76. The van der Waals surface area contributed by atoms with Gasteiger partial charge in [-0.1, -0.05) is 25.1 Å². The Labute approximate surface area is 119 Å². The van der Waals surface area contributed by atoms with E-state index in [2.05, 4.69) is 0 Å². The minimum atomic E-state index is -5.61. The Bertz CT molecular complexity index is 445. The molecule has 1 aromatic rings. The van der Waals surface area contributed by atoms with Crippen molar-refractivity contribution >= 4 is 0 Å². The zero-order valence-corrected chi connectivity index (χ0v) is 11.7. The molecule has 0 bridgehead atoms. The van der Waals surface area contributed by atoms with Crippen molar-refractivity contribution in [2.24, 2.45) is 0 Å². The van der Waals surface area contributed by atoms with Gasteiger partial charge in [-0.15, -0.1) is 0 Å². The summed E-state index contributed by atoms with van der Waals surface area (Å²) in [6.45, 7) is 2.19. The third kappa shape index (κ3) is 4.56. The monoisotopic (exact) mass is 312 g/mol. The Hall–Kier alpha value is -1.37. The topological polar surface area (TPSA) is 18.5 Å². The summed E-state index contributed by atoms with van der Waals surface area (Å²) < 4.78 is 73.5. The summed E-state index contributed by atoms with van der Waals surface area (Å²) in [5, 5.41) is 0. The van der Waals surface area contributed by atoms with Gasteiger partial charge in [-0.05, 0) is 12.5 Å². The normalized spacial score (nSPS) is 14.0. The van der Waals surface area contributed by atoms with Crippen LogP contribution in [-0.2, 0) is 4.74 Å². The SMILES string of the molecule is CCCOc1ccccc1C(CC(F)(F)C(F)(F)F)OC. The second-order valence-electron chi connectivity index (χ2n) is 4.52. The lowest BCUT2D eigenvalue weighted by atomic mass is 10.0. The van der Waals surface area contributed by atoms with Crippen LogP contribution >= 0.6 is 0 Å². The van der Waals surface area contributed by atoms with Crippen molar-refractivity contribution in [1.82, 2.24) is 0 Å². The molecule has 0 aromatic heterocycles. The summed E-state index contributed by atoms with van der Waals surface area (Å²) in [4.78, 5) is 0. The molecule has 0 saturated carbocycles. The second kappa shape index (κ2) is 7.06. The van der Waals surface area contributed by atoms with Crippen molar-refractivity contribution < 1.29 is 31.4 Å². The van der Waals surface area contributed by atoms with Gasteiger partial charge in [0.25, 0.3) is 0 Å². The van der Waals surface area contributed by atoms with E-state index in [-0.39, 0.29) is 11.3 Å². The number of benzene rings is 1. The molecule has 2 nitrogen and oxygen atoms in total. The van der Waals surface area contributed by atoms with Gasteiger partial charge in [-0.2, -0.15) is 22.0 Å². The third-order valence-electron chi connectivity index (χ3n) is 2.87. The molecule has 120 valence electrons. The molecular formula is C14H17F5O2. The maximum absolute atomic E-state index is 13.2. The van der Waals surface area contributed by atoms with E-state index in [0.717, 1.165) is 7.11 Å². The lowest BCUT2D eigenvalue weighted by molar-refractivity contribution is -0.291. The van der Waals surface area contributed by atoms with Gasteiger partial charge in [-0.25, -0.2) is 0 Å². The van der Waals surface area contributed by atoms with Crippen LogP contribution in [0.5, 0.6) is 5.75 Å². The van der Waals surface area contributed by atoms with E-state index in [9.17, 15) is 22.0 Å². The number of ether oxygens (including phenoxy) is 2. The van der Waals surface area contributed by atoms with Crippen molar-refractivity contribution in [3.8, 4) is 5.75 Å². The minimum Gasteiger partial charge on any atom is -0.493 e. The van der Waals surface area contributed by atoms with Crippen LogP contribution in [0, 0.1) is 0 Å². The molecule has 1 atom stereocenters. The predicted octanol–water partition coefficient (Wildman–Crippen LogP) is 4.75. The van der Waals surface area contributed by atoms with Gasteiger partial charge in [0.2, 0.25) is 0 Å². The molecule has 21 heavy (non-hydrogen) atoms. The Kier molecular flexibility index (Phi) is 5.95. The Morgan fingerprint density at radius 3 is 2.24 bits per heavy atom. The highest BCUT2D eigenvalue weighted by molar-refractivity contribution is 5.35. The van der Waals surface area contributed by atoms with E-state index in [1.807, 2.05) is 6.92 Å². The van der Waals surface area contributed by atoms with Crippen LogP contribution in [0.3, 0.4) is 0 Å². The molecule has 1 rings (SSSR count). The number of hydrogen-bond acceptors (Lipinski definition) is 2. The maximum atomic E-state index is 13.2. The molecule has 0 aliphatic carbocycles. The van der Waals surface area contributed by atoms with Crippen molar-refractivity contribution in [2.75, 3.05) is 13.7 Å². The second-order valence-corrected chi connectivity index (χ2v) is 4.52. The van der Waals surface area contributed by atoms with Crippen LogP contribution in [0.25, 0.3) is 0 Å². The number of halogens is 5. The summed E-state index contributed by atoms with van der Waals surface area (Å²) in [5.41, 5.74) is 0.178. The summed E-state index contributed by atoms with van der Waals surface area (Å²) in [6, 6.07) is 6.09. The Morgan fingerprint density at radius 2 is 1.71 bits per heavy atom. The van der Waals surface area contributed by atoms with Gasteiger partial charge < -0.3 is 9.47 Å². The smallest absolute Gasteiger partial charge is 0.453 e. The predicted molar refractivity (Wildman–Crippen MR) is 67.6 cm³/mol. The van der Waals surface area contributed by atoms with E-state index in [0.29, 0.717) is 13.0 Å². The number of hydrogen-bond donors (Lipinski definition) is 0. The quantitative estimate of drug-likeness (QED) is 0.676. The molecule has 0 saturated heterocycles. The van der Waals surface area contributed by atoms with Crippen LogP contribution in [0.15, 0.2) is 24.3 Å². The first-order chi connectivity index (χ1) is 9.73. The first-order valence-corrected chi connectivity index (χ1v) is 6.42. The first kappa shape index (κ1) is 17.7. The number of alkyl halides is 5. The van der Waals surface area contributed by atoms with Crippen molar-refractivity contribution in [2.45, 2.75) is 38.0 Å². The molecule has 0 radical (unpaired) electrons. The van der Waals surface area contributed by atoms with E-state index in [1.165, 1.54) is 18.2 Å². The van der Waals surface area contributed by atoms with E-state index < -0.39 is 24.6 Å². The molecule has 0 aliphatic heterocycles. The number of rotatable bonds is 7. The summed E-state index contributed by atoms with van der Waals surface area (Å²) >= 11 is 0. The van der Waals surface area contributed by atoms with Gasteiger partial charge in [0.05, 0.1) is 19.1 Å². The van der Waals surface area contributed by atoms with E-state index >= 15 is 0 Å². The van der Waals surface area contributed by atoms with E-state index in [1.54, 1.807) is 6.07 Å². The summed E-state index contributed by atoms with van der Waals surface area (Å²) in [5.74, 6) is -4.57. The highest BCUT2D eigenvalue weighted by atomic mass is 19.4. The van der Waals surface area contributed by atoms with Crippen LogP contribution in [0.2, 0.25) is 0 Å². The Balaban J connectivity index is 3.00. The van der Waals surface area contributed by atoms with Crippen LogP contribution in [-0.4, -0.2) is 25.8 Å². The molecule has 1 aromatic carbocycles. The van der Waals surface area contributed by atoms with Crippen molar-refractivity contribution in [3.63, 3.8) is 0 Å². The van der Waals surface area contributed by atoms with Gasteiger partial charge >= 0.3 is 12.1 Å². The average Bonchev–Trinajstić information content (AvgIpc) is 2.41. The fraction of sp³-hybridized carbons (Fsp3) is 0.571. The zero-order chi connectivity index (χ0) is 16.1. The van der Waals surface area contributed by atoms with Gasteiger partial charge in [-0.3, -0.25) is 0 Å².